The highest BCUT2D eigenvalue weighted by Gasteiger charge is 2.05. The lowest BCUT2D eigenvalue weighted by atomic mass is 10.1. The molecule has 0 saturated heterocycles. The van der Waals surface area contributed by atoms with Crippen molar-refractivity contribution in [2.75, 3.05) is 18.3 Å². The summed E-state index contributed by atoms with van der Waals surface area (Å²) >= 11 is 4.03. The molecule has 2 heteroatoms. The van der Waals surface area contributed by atoms with E-state index in [1.165, 1.54) is 44.3 Å². The lowest BCUT2D eigenvalue weighted by Crippen LogP contribution is -2.03. The summed E-state index contributed by atoms with van der Waals surface area (Å²) in [6, 6.07) is 0. The van der Waals surface area contributed by atoms with Gasteiger partial charge in [-0.3, -0.25) is 0 Å². The Kier molecular flexibility index (Phi) is 11.4. The first-order valence-electron chi connectivity index (χ1n) is 5.36. The monoisotopic (exact) mass is 220 g/mol. The molecule has 0 nitrogen and oxygen atoms in total. The van der Waals surface area contributed by atoms with Crippen molar-refractivity contribution in [3.63, 3.8) is 0 Å². The van der Waals surface area contributed by atoms with Gasteiger partial charge < -0.3 is 0 Å². The van der Waals surface area contributed by atoms with Crippen LogP contribution in [-0.2, 0) is 0 Å². The van der Waals surface area contributed by atoms with Gasteiger partial charge in [-0.15, -0.1) is 0 Å². The summed E-state index contributed by atoms with van der Waals surface area (Å²) in [6.07, 6.45) is 12.9. The van der Waals surface area contributed by atoms with E-state index in [1.807, 2.05) is 11.8 Å². The average Bonchev–Trinajstić information content (AvgIpc) is 2.17. The maximum absolute atomic E-state index is 2.28. The smallest absolute Gasteiger partial charge is 0.00521 e. The van der Waals surface area contributed by atoms with Crippen molar-refractivity contribution < 1.29 is 0 Å². The third-order valence-electron chi connectivity index (χ3n) is 2.36. The molecule has 0 aromatic carbocycles. The zero-order valence-electron chi connectivity index (χ0n) is 9.34. The Balaban J connectivity index is 3.25. The predicted molar refractivity (Wildman–Crippen MR) is 69.1 cm³/mol. The lowest BCUT2D eigenvalue weighted by molar-refractivity contribution is 0.612. The first-order valence-corrected chi connectivity index (χ1v) is 8.05. The molecule has 0 N–H and O–H groups in total. The van der Waals surface area contributed by atoms with Crippen molar-refractivity contribution in [2.45, 2.75) is 50.7 Å². The maximum Gasteiger partial charge on any atom is 0.00521 e. The van der Waals surface area contributed by atoms with Crippen LogP contribution in [0.4, 0.5) is 0 Å². The fraction of sp³-hybridized carbons (Fsp3) is 1.00. The quantitative estimate of drug-likeness (QED) is 0.527. The van der Waals surface area contributed by atoms with Gasteiger partial charge in [0.2, 0.25) is 0 Å². The Bertz CT molecular complexity index is 94.1. The van der Waals surface area contributed by atoms with E-state index in [9.17, 15) is 0 Å². The SMILES string of the molecule is CCCCCCC(CCSC)SC. The van der Waals surface area contributed by atoms with Crippen LogP contribution in [0.5, 0.6) is 0 Å². The minimum atomic E-state index is 0.921. The zero-order valence-corrected chi connectivity index (χ0v) is 11.0. The van der Waals surface area contributed by atoms with Gasteiger partial charge in [0, 0.05) is 5.25 Å². The maximum atomic E-state index is 2.28. The molecule has 0 aliphatic heterocycles. The van der Waals surface area contributed by atoms with Crippen LogP contribution in [-0.4, -0.2) is 23.5 Å². The Morgan fingerprint density at radius 1 is 1.00 bits per heavy atom. The highest BCUT2D eigenvalue weighted by molar-refractivity contribution is 7.99. The Morgan fingerprint density at radius 2 is 1.77 bits per heavy atom. The van der Waals surface area contributed by atoms with Crippen LogP contribution < -0.4 is 0 Å². The molecular formula is C11H24S2. The van der Waals surface area contributed by atoms with Crippen LogP contribution in [0.25, 0.3) is 0 Å². The summed E-state index contributed by atoms with van der Waals surface area (Å²) in [5, 5.41) is 0.921. The summed E-state index contributed by atoms with van der Waals surface area (Å²) in [7, 11) is 0. The van der Waals surface area contributed by atoms with E-state index in [0.29, 0.717) is 0 Å². The molecule has 0 rings (SSSR count). The second-order valence-corrected chi connectivity index (χ2v) is 5.61. The Hall–Kier alpha value is 0.700. The summed E-state index contributed by atoms with van der Waals surface area (Å²) in [5.74, 6) is 1.33. The largest absolute Gasteiger partial charge is 0.165 e. The van der Waals surface area contributed by atoms with Crippen molar-refractivity contribution in [3.8, 4) is 0 Å². The number of hydrogen-bond donors (Lipinski definition) is 0. The third-order valence-corrected chi connectivity index (χ3v) is 4.14. The van der Waals surface area contributed by atoms with Crippen LogP contribution in [0.3, 0.4) is 0 Å². The lowest BCUT2D eigenvalue weighted by Gasteiger charge is -2.12. The minimum absolute atomic E-state index is 0.921. The molecule has 80 valence electrons. The van der Waals surface area contributed by atoms with Crippen LogP contribution in [0, 0.1) is 0 Å². The molecule has 1 unspecified atom stereocenters. The summed E-state index contributed by atoms with van der Waals surface area (Å²) in [5.41, 5.74) is 0. The van der Waals surface area contributed by atoms with Crippen molar-refractivity contribution in [1.29, 1.82) is 0 Å². The van der Waals surface area contributed by atoms with Crippen molar-refractivity contribution in [3.05, 3.63) is 0 Å². The molecule has 0 bridgehead atoms. The van der Waals surface area contributed by atoms with Gasteiger partial charge in [-0.25, -0.2) is 0 Å². The summed E-state index contributed by atoms with van der Waals surface area (Å²) < 4.78 is 0. The normalized spacial score (nSPS) is 13.2. The van der Waals surface area contributed by atoms with Gasteiger partial charge in [0.25, 0.3) is 0 Å². The van der Waals surface area contributed by atoms with Gasteiger partial charge in [-0.05, 0) is 31.1 Å². The molecule has 0 radical (unpaired) electrons. The first kappa shape index (κ1) is 13.7. The van der Waals surface area contributed by atoms with Gasteiger partial charge >= 0.3 is 0 Å². The molecular weight excluding hydrogens is 196 g/mol. The van der Waals surface area contributed by atoms with Gasteiger partial charge in [0.15, 0.2) is 0 Å². The molecule has 1 atom stereocenters. The molecule has 0 heterocycles. The molecule has 0 spiro atoms. The number of rotatable bonds is 9. The molecule has 13 heavy (non-hydrogen) atoms. The second-order valence-electron chi connectivity index (χ2n) is 3.49. The fourth-order valence-corrected chi connectivity index (χ4v) is 2.85. The second kappa shape index (κ2) is 10.8. The fourth-order valence-electron chi connectivity index (χ4n) is 1.43. The number of thioether (sulfide) groups is 2. The Labute approximate surface area is 92.6 Å². The summed E-state index contributed by atoms with van der Waals surface area (Å²) in [6.45, 7) is 2.28. The topological polar surface area (TPSA) is 0 Å². The summed E-state index contributed by atoms with van der Waals surface area (Å²) in [4.78, 5) is 0. The molecule has 0 aliphatic rings. The van der Waals surface area contributed by atoms with Gasteiger partial charge in [-0.2, -0.15) is 23.5 Å². The van der Waals surface area contributed by atoms with E-state index in [-0.39, 0.29) is 0 Å². The van der Waals surface area contributed by atoms with E-state index in [0.717, 1.165) is 5.25 Å². The highest BCUT2D eigenvalue weighted by Crippen LogP contribution is 2.20. The standard InChI is InChI=1S/C11H24S2/c1-4-5-6-7-8-11(13-3)9-10-12-2/h11H,4-10H2,1-3H3. The van der Waals surface area contributed by atoms with Gasteiger partial charge in [0.1, 0.15) is 0 Å². The van der Waals surface area contributed by atoms with E-state index >= 15 is 0 Å². The van der Waals surface area contributed by atoms with Crippen LogP contribution >= 0.6 is 23.5 Å². The molecule has 0 fully saturated rings. The van der Waals surface area contributed by atoms with E-state index in [4.69, 9.17) is 0 Å². The average molecular weight is 220 g/mol. The first-order chi connectivity index (χ1) is 6.35. The molecule has 0 amide bonds. The van der Waals surface area contributed by atoms with Crippen molar-refractivity contribution in [2.24, 2.45) is 0 Å². The van der Waals surface area contributed by atoms with Gasteiger partial charge in [-0.1, -0.05) is 32.6 Å². The van der Waals surface area contributed by atoms with Crippen LogP contribution in [0.15, 0.2) is 0 Å². The van der Waals surface area contributed by atoms with E-state index in [2.05, 4.69) is 31.2 Å². The van der Waals surface area contributed by atoms with Gasteiger partial charge in [0.05, 0.1) is 0 Å². The van der Waals surface area contributed by atoms with Crippen molar-refractivity contribution in [1.82, 2.24) is 0 Å². The minimum Gasteiger partial charge on any atom is -0.165 e. The molecule has 0 saturated carbocycles. The van der Waals surface area contributed by atoms with Crippen LogP contribution in [0.1, 0.15) is 45.4 Å². The molecule has 0 aliphatic carbocycles. The Morgan fingerprint density at radius 3 is 2.31 bits per heavy atom. The van der Waals surface area contributed by atoms with Crippen molar-refractivity contribution >= 4 is 23.5 Å². The number of unbranched alkanes of at least 4 members (excludes halogenated alkanes) is 3. The van der Waals surface area contributed by atoms with E-state index in [1.54, 1.807) is 0 Å². The number of hydrogen-bond acceptors (Lipinski definition) is 2. The third kappa shape index (κ3) is 9.01. The zero-order chi connectivity index (χ0) is 9.94. The van der Waals surface area contributed by atoms with E-state index < -0.39 is 0 Å². The van der Waals surface area contributed by atoms with Crippen LogP contribution in [0.2, 0.25) is 0 Å². The predicted octanol–water partition coefficient (Wildman–Crippen LogP) is 4.44. The highest BCUT2D eigenvalue weighted by atomic mass is 32.2. The molecule has 0 aromatic heterocycles. The molecule has 0 aromatic rings.